The number of fused-ring (bicyclic) bond motifs is 1. The summed E-state index contributed by atoms with van der Waals surface area (Å²) in [4.78, 5) is 22.2. The van der Waals surface area contributed by atoms with Gasteiger partial charge in [0, 0.05) is 17.5 Å². The van der Waals surface area contributed by atoms with Gasteiger partial charge in [0.1, 0.15) is 17.5 Å². The van der Waals surface area contributed by atoms with Crippen molar-refractivity contribution in [2.45, 2.75) is 13.0 Å². The molecule has 3 N–H and O–H groups in total. The van der Waals surface area contributed by atoms with Crippen LogP contribution in [0.3, 0.4) is 0 Å². The Balaban J connectivity index is 1.58. The predicted octanol–water partition coefficient (Wildman–Crippen LogP) is 3.98. The Bertz CT molecular complexity index is 1360. The number of nitrogens with zero attached hydrogens (tertiary/aromatic N) is 4. The number of benzene rings is 2. The second-order valence-electron chi connectivity index (χ2n) is 7.79. The number of hydrogen-bond acceptors (Lipinski definition) is 7. The number of carbonyl (C=O) groups is 1. The van der Waals surface area contributed by atoms with Crippen LogP contribution in [0.25, 0.3) is 11.4 Å². The van der Waals surface area contributed by atoms with Crippen molar-refractivity contribution in [1.29, 1.82) is 0 Å². The summed E-state index contributed by atoms with van der Waals surface area (Å²) >= 11 is 0. The van der Waals surface area contributed by atoms with E-state index in [0.717, 1.165) is 16.9 Å². The molecule has 170 valence electrons. The zero-order valence-electron chi connectivity index (χ0n) is 18.6. The van der Waals surface area contributed by atoms with Crippen molar-refractivity contribution in [2.24, 2.45) is 0 Å². The highest BCUT2D eigenvalue weighted by Gasteiger charge is 2.34. The molecule has 34 heavy (non-hydrogen) atoms. The zero-order chi connectivity index (χ0) is 23.7. The number of phenols is 1. The van der Waals surface area contributed by atoms with E-state index >= 15 is 0 Å². The van der Waals surface area contributed by atoms with Crippen LogP contribution >= 0.6 is 0 Å². The third kappa shape index (κ3) is 3.95. The predicted molar refractivity (Wildman–Crippen MR) is 127 cm³/mol. The first-order valence-corrected chi connectivity index (χ1v) is 10.6. The van der Waals surface area contributed by atoms with Crippen LogP contribution in [-0.2, 0) is 4.79 Å². The van der Waals surface area contributed by atoms with Crippen molar-refractivity contribution in [3.8, 4) is 22.9 Å². The molecular formula is C25H22N6O3. The van der Waals surface area contributed by atoms with E-state index in [4.69, 9.17) is 9.84 Å². The van der Waals surface area contributed by atoms with Crippen LogP contribution in [0, 0.1) is 0 Å². The maximum Gasteiger partial charge on any atom is 0.255 e. The van der Waals surface area contributed by atoms with Gasteiger partial charge in [0.2, 0.25) is 5.95 Å². The molecule has 1 aliphatic heterocycles. The van der Waals surface area contributed by atoms with Crippen molar-refractivity contribution in [1.82, 2.24) is 19.7 Å². The Labute approximate surface area is 195 Å². The lowest BCUT2D eigenvalue weighted by Crippen LogP contribution is -2.31. The molecule has 9 nitrogen and oxygen atoms in total. The zero-order valence-corrected chi connectivity index (χ0v) is 18.6. The van der Waals surface area contributed by atoms with Gasteiger partial charge in [0.15, 0.2) is 5.82 Å². The van der Waals surface area contributed by atoms with Crippen LogP contribution in [0.5, 0.6) is 11.5 Å². The quantitative estimate of drug-likeness (QED) is 0.418. The van der Waals surface area contributed by atoms with Crippen molar-refractivity contribution < 1.29 is 14.6 Å². The number of carbonyl (C=O) groups excluding carboxylic acids is 1. The number of hydrogen-bond donors (Lipinski definition) is 3. The van der Waals surface area contributed by atoms with Gasteiger partial charge in [-0.1, -0.05) is 12.1 Å². The average Bonchev–Trinajstić information content (AvgIpc) is 3.28. The van der Waals surface area contributed by atoms with E-state index in [9.17, 15) is 9.90 Å². The van der Waals surface area contributed by atoms with Gasteiger partial charge in [0.05, 0.1) is 24.6 Å². The monoisotopic (exact) mass is 454 g/mol. The molecule has 0 fully saturated rings. The standard InChI is InChI=1S/C25H22N6O3/c1-15-21(24(33)28-18-4-3-13-26-14-18)22(16-5-9-19(32)10-6-16)31-25(27-15)29-23(30-31)17-7-11-20(34-2)12-8-17/h3-14,22,32H,1-2H3,(H,28,33)(H,27,29,30). The summed E-state index contributed by atoms with van der Waals surface area (Å²) in [7, 11) is 1.61. The lowest BCUT2D eigenvalue weighted by Gasteiger charge is -2.28. The third-order valence-electron chi connectivity index (χ3n) is 5.57. The minimum Gasteiger partial charge on any atom is -0.508 e. The van der Waals surface area contributed by atoms with Gasteiger partial charge in [-0.25, -0.2) is 4.68 Å². The molecule has 0 aliphatic carbocycles. The molecule has 9 heteroatoms. The van der Waals surface area contributed by atoms with Crippen LogP contribution in [0.1, 0.15) is 18.5 Å². The molecule has 0 bridgehead atoms. The Hall–Kier alpha value is -4.66. The highest BCUT2D eigenvalue weighted by molar-refractivity contribution is 6.05. The summed E-state index contributed by atoms with van der Waals surface area (Å²) in [5.74, 6) is 1.61. The van der Waals surface area contributed by atoms with Gasteiger partial charge < -0.3 is 20.5 Å². The minimum atomic E-state index is -0.562. The number of aromatic hydroxyl groups is 1. The molecule has 0 saturated heterocycles. The van der Waals surface area contributed by atoms with Gasteiger partial charge in [-0.15, -0.1) is 5.10 Å². The van der Waals surface area contributed by atoms with E-state index in [-0.39, 0.29) is 11.7 Å². The number of allylic oxidation sites excluding steroid dienone is 1. The molecule has 4 aromatic rings. The van der Waals surface area contributed by atoms with Crippen molar-refractivity contribution in [3.05, 3.63) is 89.9 Å². The van der Waals surface area contributed by atoms with E-state index in [1.54, 1.807) is 60.6 Å². The van der Waals surface area contributed by atoms with Crippen LogP contribution in [-0.4, -0.2) is 37.9 Å². The number of phenolic OH excluding ortho intramolecular Hbond substituents is 1. The smallest absolute Gasteiger partial charge is 0.255 e. The van der Waals surface area contributed by atoms with Crippen LogP contribution in [0.4, 0.5) is 11.6 Å². The first kappa shape index (κ1) is 21.2. The lowest BCUT2D eigenvalue weighted by molar-refractivity contribution is -0.113. The number of aromatic nitrogens is 4. The van der Waals surface area contributed by atoms with E-state index in [2.05, 4.69) is 20.6 Å². The molecule has 3 heterocycles. The Kier molecular flexibility index (Phi) is 5.43. The van der Waals surface area contributed by atoms with Crippen LogP contribution < -0.4 is 15.4 Å². The Morgan fingerprint density at radius 2 is 1.88 bits per heavy atom. The molecule has 0 saturated carbocycles. The average molecular weight is 454 g/mol. The fourth-order valence-corrected chi connectivity index (χ4v) is 3.91. The SMILES string of the molecule is COc1ccc(-c2nc3n(n2)C(c2ccc(O)cc2)C(C(=O)Nc2cccnc2)=C(C)N3)cc1. The van der Waals surface area contributed by atoms with Crippen LogP contribution in [0.2, 0.25) is 0 Å². The van der Waals surface area contributed by atoms with Crippen molar-refractivity contribution in [2.75, 3.05) is 17.7 Å². The molecule has 1 unspecified atom stereocenters. The van der Waals surface area contributed by atoms with E-state index in [0.29, 0.717) is 28.7 Å². The summed E-state index contributed by atoms with van der Waals surface area (Å²) < 4.78 is 6.93. The number of anilines is 2. The molecule has 1 amide bonds. The summed E-state index contributed by atoms with van der Waals surface area (Å²) in [6.45, 7) is 1.83. The Morgan fingerprint density at radius 3 is 2.56 bits per heavy atom. The van der Waals surface area contributed by atoms with Crippen LogP contribution in [0.15, 0.2) is 84.3 Å². The number of pyridine rings is 1. The molecule has 0 spiro atoms. The first-order chi connectivity index (χ1) is 16.5. The summed E-state index contributed by atoms with van der Waals surface area (Å²) in [6.07, 6.45) is 3.23. The van der Waals surface area contributed by atoms with Crippen molar-refractivity contribution in [3.63, 3.8) is 0 Å². The highest BCUT2D eigenvalue weighted by atomic mass is 16.5. The molecule has 0 radical (unpaired) electrons. The molecule has 1 atom stereocenters. The number of rotatable bonds is 5. The number of methoxy groups -OCH3 is 1. The van der Waals surface area contributed by atoms with Gasteiger partial charge >= 0.3 is 0 Å². The number of nitrogens with one attached hydrogen (secondary N) is 2. The van der Waals surface area contributed by atoms with Gasteiger partial charge in [-0.2, -0.15) is 4.98 Å². The summed E-state index contributed by atoms with van der Waals surface area (Å²) in [5.41, 5.74) is 3.31. The normalized spacial score (nSPS) is 14.8. The minimum absolute atomic E-state index is 0.137. The summed E-state index contributed by atoms with van der Waals surface area (Å²) in [5, 5.41) is 20.7. The second-order valence-corrected chi connectivity index (χ2v) is 7.79. The highest BCUT2D eigenvalue weighted by Crippen LogP contribution is 2.37. The Morgan fingerprint density at radius 1 is 1.12 bits per heavy atom. The number of amides is 1. The molecule has 2 aromatic carbocycles. The topological polar surface area (TPSA) is 114 Å². The first-order valence-electron chi connectivity index (χ1n) is 10.6. The fraction of sp³-hybridized carbons (Fsp3) is 0.120. The number of ether oxygens (including phenoxy) is 1. The fourth-order valence-electron chi connectivity index (χ4n) is 3.91. The summed E-state index contributed by atoms with van der Waals surface area (Å²) in [6, 6.07) is 17.1. The molecular weight excluding hydrogens is 432 g/mol. The van der Waals surface area contributed by atoms with Gasteiger partial charge in [0.25, 0.3) is 5.91 Å². The maximum atomic E-state index is 13.4. The molecule has 5 rings (SSSR count). The third-order valence-corrected chi connectivity index (χ3v) is 5.57. The lowest BCUT2D eigenvalue weighted by atomic mass is 9.95. The van der Waals surface area contributed by atoms with E-state index < -0.39 is 6.04 Å². The maximum absolute atomic E-state index is 13.4. The molecule has 2 aromatic heterocycles. The van der Waals surface area contributed by atoms with E-state index in [1.807, 2.05) is 31.2 Å². The van der Waals surface area contributed by atoms with Crippen molar-refractivity contribution >= 4 is 17.5 Å². The van der Waals surface area contributed by atoms with Gasteiger partial charge in [-0.3, -0.25) is 9.78 Å². The van der Waals surface area contributed by atoms with E-state index in [1.165, 1.54) is 0 Å². The largest absolute Gasteiger partial charge is 0.508 e. The molecule has 1 aliphatic rings. The second kappa shape index (κ2) is 8.70. The van der Waals surface area contributed by atoms with Gasteiger partial charge in [-0.05, 0) is 61.0 Å².